The van der Waals surface area contributed by atoms with E-state index in [4.69, 9.17) is 0 Å². The smallest absolute Gasteiger partial charge is 0.249 e. The summed E-state index contributed by atoms with van der Waals surface area (Å²) in [5.41, 5.74) is 0.174. The lowest BCUT2D eigenvalue weighted by Crippen LogP contribution is -2.60. The summed E-state index contributed by atoms with van der Waals surface area (Å²) in [4.78, 5) is 42.1. The quantitative estimate of drug-likeness (QED) is 0.566. The number of alkyl halides is 2. The Kier molecular flexibility index (Phi) is 6.59. The van der Waals surface area contributed by atoms with E-state index in [1.54, 1.807) is 39.0 Å². The van der Waals surface area contributed by atoms with Gasteiger partial charge in [-0.15, -0.1) is 0 Å². The average Bonchev–Trinajstić information content (AvgIpc) is 3.20. The Morgan fingerprint density at radius 3 is 2.42 bits per heavy atom. The third kappa shape index (κ3) is 4.78. The first kappa shape index (κ1) is 27.9. The number of aromatic nitrogens is 2. The number of benzene rings is 1. The number of amides is 3. The lowest BCUT2D eigenvalue weighted by atomic mass is 9.79. The maximum atomic E-state index is 14.0. The zero-order chi connectivity index (χ0) is 29.2. The summed E-state index contributed by atoms with van der Waals surface area (Å²) in [5, 5.41) is 24.3. The Labute approximate surface area is 231 Å². The molecule has 1 aromatic carbocycles. The van der Waals surface area contributed by atoms with Crippen LogP contribution in [0.5, 0.6) is 0 Å². The molecule has 2 unspecified atom stereocenters. The van der Waals surface area contributed by atoms with Crippen molar-refractivity contribution in [3.05, 3.63) is 36.0 Å². The van der Waals surface area contributed by atoms with E-state index >= 15 is 0 Å². The van der Waals surface area contributed by atoms with Crippen LogP contribution in [0.25, 0.3) is 10.9 Å². The van der Waals surface area contributed by atoms with Crippen LogP contribution in [-0.4, -0.2) is 57.4 Å². The van der Waals surface area contributed by atoms with Crippen molar-refractivity contribution < 1.29 is 23.2 Å². The number of nitrogens with zero attached hydrogens (tertiary/aromatic N) is 4. The van der Waals surface area contributed by atoms with E-state index < -0.39 is 65.9 Å². The minimum absolute atomic E-state index is 0.0813. The van der Waals surface area contributed by atoms with Crippen LogP contribution < -0.4 is 10.6 Å². The van der Waals surface area contributed by atoms with Gasteiger partial charge in [0.1, 0.15) is 18.1 Å². The van der Waals surface area contributed by atoms with Crippen LogP contribution in [0.3, 0.4) is 0 Å². The zero-order valence-corrected chi connectivity index (χ0v) is 23.2. The lowest BCUT2D eigenvalue weighted by molar-refractivity contribution is -0.155. The highest BCUT2D eigenvalue weighted by molar-refractivity contribution is 5.95. The van der Waals surface area contributed by atoms with Crippen molar-refractivity contribution in [3.63, 3.8) is 0 Å². The van der Waals surface area contributed by atoms with Crippen LogP contribution in [0.1, 0.15) is 59.1 Å². The molecular weight excluding hydrogens is 518 g/mol. The summed E-state index contributed by atoms with van der Waals surface area (Å²) >= 11 is 0. The highest BCUT2D eigenvalue weighted by atomic mass is 19.3. The van der Waals surface area contributed by atoms with Gasteiger partial charge in [-0.25, -0.2) is 8.78 Å². The van der Waals surface area contributed by atoms with E-state index in [-0.39, 0.29) is 17.3 Å². The predicted octanol–water partition coefficient (Wildman–Crippen LogP) is 3.37. The van der Waals surface area contributed by atoms with Crippen LogP contribution in [0.15, 0.2) is 30.5 Å². The number of piperidine rings is 1. The molecule has 1 aliphatic heterocycles. The Morgan fingerprint density at radius 2 is 1.80 bits per heavy atom. The monoisotopic (exact) mass is 552 g/mol. The third-order valence-corrected chi connectivity index (χ3v) is 8.92. The molecule has 3 aliphatic rings. The van der Waals surface area contributed by atoms with Gasteiger partial charge in [0.15, 0.2) is 0 Å². The van der Waals surface area contributed by atoms with Crippen LogP contribution in [0.2, 0.25) is 0 Å². The highest BCUT2D eigenvalue weighted by Crippen LogP contribution is 2.65. The van der Waals surface area contributed by atoms with Gasteiger partial charge in [-0.05, 0) is 28.7 Å². The van der Waals surface area contributed by atoms with Crippen molar-refractivity contribution in [1.29, 1.82) is 5.26 Å². The number of hydrogen-bond donors (Lipinski definition) is 2. The minimum atomic E-state index is -2.86. The van der Waals surface area contributed by atoms with E-state index in [2.05, 4.69) is 26.9 Å². The van der Waals surface area contributed by atoms with Gasteiger partial charge < -0.3 is 15.5 Å². The normalized spacial score (nSPS) is 26.1. The molecule has 0 spiro atoms. The molecule has 0 radical (unpaired) electrons. The van der Waals surface area contributed by atoms with Gasteiger partial charge in [-0.1, -0.05) is 52.8 Å². The fourth-order valence-electron chi connectivity index (χ4n) is 6.40. The van der Waals surface area contributed by atoms with Gasteiger partial charge in [-0.3, -0.25) is 14.4 Å². The summed E-state index contributed by atoms with van der Waals surface area (Å²) < 4.78 is 26.8. The molecule has 11 heteroatoms. The second-order valence-corrected chi connectivity index (χ2v) is 13.0. The number of hydrogen-bond acceptors (Lipinski definition) is 6. The van der Waals surface area contributed by atoms with Crippen LogP contribution in [-0.2, 0) is 14.4 Å². The molecule has 0 bridgehead atoms. The first-order valence-corrected chi connectivity index (χ1v) is 13.5. The molecule has 40 heavy (non-hydrogen) atoms. The molecule has 2 heterocycles. The molecule has 212 valence electrons. The van der Waals surface area contributed by atoms with Gasteiger partial charge in [0.25, 0.3) is 0 Å². The van der Waals surface area contributed by atoms with Crippen molar-refractivity contribution in [2.24, 2.45) is 28.6 Å². The maximum absolute atomic E-state index is 14.0. The second kappa shape index (κ2) is 9.46. The fourth-order valence-corrected chi connectivity index (χ4v) is 6.40. The Balaban J connectivity index is 1.39. The maximum Gasteiger partial charge on any atom is 0.249 e. The van der Waals surface area contributed by atoms with Crippen molar-refractivity contribution in [2.75, 3.05) is 6.54 Å². The zero-order valence-electron chi connectivity index (χ0n) is 23.2. The molecule has 1 saturated heterocycles. The van der Waals surface area contributed by atoms with Gasteiger partial charge in [0.05, 0.1) is 17.8 Å². The van der Waals surface area contributed by atoms with Crippen molar-refractivity contribution in [2.45, 2.75) is 71.5 Å². The van der Waals surface area contributed by atoms with E-state index in [0.717, 1.165) is 0 Å². The molecule has 9 nitrogen and oxygen atoms in total. The molecule has 5 atom stereocenters. The predicted molar refractivity (Wildman–Crippen MR) is 141 cm³/mol. The van der Waals surface area contributed by atoms with Gasteiger partial charge in [0, 0.05) is 36.3 Å². The number of carbonyl (C=O) groups excluding carboxylic acids is 3. The number of halogens is 2. The molecule has 2 saturated carbocycles. The Bertz CT molecular complexity index is 1400. The van der Waals surface area contributed by atoms with Crippen LogP contribution in [0, 0.1) is 39.9 Å². The standard InChI is InChI=1S/C29H34F2N6O3/c1-27(2,3)23(35-24(38)15-10-29(30,31)11-15)26(40)37-14-18-21(28(18,4)5)22(37)25(39)34-20(12-32)17-13-33-36-19-9-7-6-8-16(17)19/h6-9,13,15,18,20-23H,10-11,14H2,1-5H3,(H,34,39)(H,35,38)/t18-,20?,21-,22-,23?/m0/s1. The molecular formula is C29H34F2N6O3. The number of carbonyl (C=O) groups is 3. The van der Waals surface area contributed by atoms with E-state index in [0.29, 0.717) is 23.0 Å². The van der Waals surface area contributed by atoms with Gasteiger partial charge in [-0.2, -0.15) is 15.5 Å². The number of nitrogens with one attached hydrogen (secondary N) is 2. The molecule has 2 aliphatic carbocycles. The molecule has 3 amide bonds. The second-order valence-electron chi connectivity index (χ2n) is 13.0. The largest absolute Gasteiger partial charge is 0.344 e. The summed E-state index contributed by atoms with van der Waals surface area (Å²) in [6.45, 7) is 9.78. The van der Waals surface area contributed by atoms with E-state index in [1.807, 2.05) is 19.9 Å². The SMILES string of the molecule is CC(C)(C)C(NC(=O)C1CC(F)(F)C1)C(=O)N1C[C@H]2[C@@H]([C@H]1C(=O)NC(C#N)c1cnnc3ccccc13)C2(C)C. The minimum Gasteiger partial charge on any atom is -0.344 e. The summed E-state index contributed by atoms with van der Waals surface area (Å²) in [6.07, 6.45) is 0.378. The van der Waals surface area contributed by atoms with E-state index in [1.165, 1.54) is 11.1 Å². The van der Waals surface area contributed by atoms with Crippen LogP contribution >= 0.6 is 0 Å². The van der Waals surface area contributed by atoms with Crippen LogP contribution in [0.4, 0.5) is 8.78 Å². The topological polar surface area (TPSA) is 128 Å². The molecule has 2 aromatic rings. The van der Waals surface area contributed by atoms with Gasteiger partial charge in [0.2, 0.25) is 23.6 Å². The fraction of sp³-hybridized carbons (Fsp3) is 0.586. The molecule has 5 rings (SSSR count). The van der Waals surface area contributed by atoms with Crippen molar-refractivity contribution in [1.82, 2.24) is 25.7 Å². The first-order valence-electron chi connectivity index (χ1n) is 13.5. The molecule has 1 aromatic heterocycles. The first-order chi connectivity index (χ1) is 18.7. The highest BCUT2D eigenvalue weighted by Gasteiger charge is 2.70. The number of rotatable bonds is 6. The Morgan fingerprint density at radius 1 is 1.12 bits per heavy atom. The summed E-state index contributed by atoms with van der Waals surface area (Å²) in [5.74, 6) is -5.22. The van der Waals surface area contributed by atoms with Gasteiger partial charge >= 0.3 is 0 Å². The van der Waals surface area contributed by atoms with Crippen molar-refractivity contribution in [3.8, 4) is 6.07 Å². The molecule has 2 N–H and O–H groups in total. The number of nitriles is 1. The summed E-state index contributed by atoms with van der Waals surface area (Å²) in [6, 6.07) is 6.44. The number of likely N-dealkylation sites (tertiary alicyclic amines) is 1. The third-order valence-electron chi connectivity index (χ3n) is 8.92. The lowest BCUT2D eigenvalue weighted by Gasteiger charge is -2.40. The average molecular weight is 553 g/mol. The molecule has 3 fully saturated rings. The summed E-state index contributed by atoms with van der Waals surface area (Å²) in [7, 11) is 0. The van der Waals surface area contributed by atoms with E-state index in [9.17, 15) is 28.4 Å². The number of fused-ring (bicyclic) bond motifs is 2. The Hall–Kier alpha value is -3.68. The van der Waals surface area contributed by atoms with Crippen molar-refractivity contribution >= 4 is 28.6 Å².